The van der Waals surface area contributed by atoms with Crippen LogP contribution in [0, 0.1) is 0 Å². The van der Waals surface area contributed by atoms with Gasteiger partial charge in [0.2, 0.25) is 5.91 Å². The second-order valence-corrected chi connectivity index (χ2v) is 5.23. The maximum atomic E-state index is 12.0. The molecule has 0 saturated carbocycles. The van der Waals surface area contributed by atoms with E-state index in [9.17, 15) is 4.79 Å². The van der Waals surface area contributed by atoms with E-state index in [1.54, 1.807) is 11.3 Å². The number of rotatable bonds is 4. The fourth-order valence-electron chi connectivity index (χ4n) is 2.31. The lowest BCUT2D eigenvalue weighted by molar-refractivity contribution is -0.130. The van der Waals surface area contributed by atoms with Gasteiger partial charge in [0.25, 0.3) is 0 Å². The molecule has 0 N–H and O–H groups in total. The van der Waals surface area contributed by atoms with E-state index in [1.165, 1.54) is 18.4 Å². The van der Waals surface area contributed by atoms with Crippen LogP contribution < -0.4 is 0 Å². The Morgan fingerprint density at radius 1 is 1.50 bits per heavy atom. The van der Waals surface area contributed by atoms with Crippen LogP contribution in [0.2, 0.25) is 0 Å². The average molecular weight is 237 g/mol. The summed E-state index contributed by atoms with van der Waals surface area (Å²) in [7, 11) is 0. The number of hydrogen-bond donors (Lipinski definition) is 0. The van der Waals surface area contributed by atoms with Crippen LogP contribution in [-0.2, 0) is 4.79 Å². The Hall–Kier alpha value is -0.830. The van der Waals surface area contributed by atoms with Crippen LogP contribution in [0.3, 0.4) is 0 Å². The van der Waals surface area contributed by atoms with E-state index in [4.69, 9.17) is 0 Å². The molecule has 0 bridgehead atoms. The number of hydrogen-bond acceptors (Lipinski definition) is 2. The van der Waals surface area contributed by atoms with Gasteiger partial charge in [-0.2, -0.15) is 11.3 Å². The van der Waals surface area contributed by atoms with Crippen LogP contribution in [0.15, 0.2) is 16.8 Å². The van der Waals surface area contributed by atoms with Gasteiger partial charge in [-0.25, -0.2) is 0 Å². The van der Waals surface area contributed by atoms with Crippen LogP contribution in [0.5, 0.6) is 0 Å². The third-order valence-corrected chi connectivity index (χ3v) is 4.09. The quantitative estimate of drug-likeness (QED) is 0.787. The van der Waals surface area contributed by atoms with E-state index in [2.05, 4.69) is 23.8 Å². The fraction of sp³-hybridized carbons (Fsp3) is 0.615. The number of likely N-dealkylation sites (tertiary alicyclic amines) is 1. The van der Waals surface area contributed by atoms with Crippen LogP contribution in [0.1, 0.15) is 44.1 Å². The van der Waals surface area contributed by atoms with E-state index >= 15 is 0 Å². The van der Waals surface area contributed by atoms with Gasteiger partial charge >= 0.3 is 0 Å². The highest BCUT2D eigenvalue weighted by atomic mass is 32.1. The van der Waals surface area contributed by atoms with Crippen LogP contribution in [0.25, 0.3) is 0 Å². The molecular formula is C13H19NOS. The summed E-state index contributed by atoms with van der Waals surface area (Å²) in [6.07, 6.45) is 4.10. The topological polar surface area (TPSA) is 20.3 Å². The number of thiophene rings is 1. The van der Waals surface area contributed by atoms with Crippen molar-refractivity contribution in [2.75, 3.05) is 13.1 Å². The van der Waals surface area contributed by atoms with Crippen molar-refractivity contribution in [3.8, 4) is 0 Å². The lowest BCUT2D eigenvalue weighted by Gasteiger charge is -2.19. The Morgan fingerprint density at radius 3 is 2.81 bits per heavy atom. The third-order valence-electron chi connectivity index (χ3n) is 3.39. The van der Waals surface area contributed by atoms with Crippen LogP contribution in [-0.4, -0.2) is 23.9 Å². The molecule has 1 saturated heterocycles. The van der Waals surface area contributed by atoms with Gasteiger partial charge in [-0.15, -0.1) is 0 Å². The molecule has 1 aliphatic rings. The van der Waals surface area contributed by atoms with Crippen LogP contribution in [0.4, 0.5) is 0 Å². The van der Waals surface area contributed by atoms with Gasteiger partial charge in [0, 0.05) is 19.5 Å². The molecule has 1 fully saturated rings. The van der Waals surface area contributed by atoms with E-state index in [-0.39, 0.29) is 0 Å². The van der Waals surface area contributed by atoms with Crippen LogP contribution >= 0.6 is 11.3 Å². The molecule has 1 aromatic heterocycles. The molecule has 1 aromatic rings. The predicted octanol–water partition coefficient (Wildman–Crippen LogP) is 3.25. The van der Waals surface area contributed by atoms with Crippen molar-refractivity contribution in [3.63, 3.8) is 0 Å². The summed E-state index contributed by atoms with van der Waals surface area (Å²) in [5, 5.41) is 4.27. The zero-order chi connectivity index (χ0) is 11.4. The zero-order valence-electron chi connectivity index (χ0n) is 9.82. The molecular weight excluding hydrogens is 218 g/mol. The third kappa shape index (κ3) is 2.64. The Balaban J connectivity index is 1.93. The second kappa shape index (κ2) is 5.48. The maximum absolute atomic E-state index is 12.0. The molecule has 3 heteroatoms. The lowest BCUT2D eigenvalue weighted by Crippen LogP contribution is -2.28. The molecule has 1 amide bonds. The monoisotopic (exact) mass is 237 g/mol. The standard InChI is InChI=1S/C13H19NOS/c1-2-11(12-5-8-16-10-12)9-13(15)14-6-3-4-7-14/h5,8,10-11H,2-4,6-7,9H2,1H3. The Bertz CT molecular complexity index is 328. The van der Waals surface area contributed by atoms with Crippen molar-refractivity contribution >= 4 is 17.2 Å². The summed E-state index contributed by atoms with van der Waals surface area (Å²) in [5.41, 5.74) is 1.33. The normalized spacial score (nSPS) is 17.7. The van der Waals surface area contributed by atoms with E-state index in [0.717, 1.165) is 19.5 Å². The first-order chi connectivity index (χ1) is 7.81. The summed E-state index contributed by atoms with van der Waals surface area (Å²) >= 11 is 1.72. The van der Waals surface area contributed by atoms with Crippen molar-refractivity contribution in [2.45, 2.75) is 38.5 Å². The van der Waals surface area contributed by atoms with Gasteiger partial charge < -0.3 is 4.90 Å². The number of carbonyl (C=O) groups is 1. The molecule has 2 nitrogen and oxygen atoms in total. The molecule has 88 valence electrons. The Labute approximate surface area is 101 Å². The van der Waals surface area contributed by atoms with Gasteiger partial charge in [0.15, 0.2) is 0 Å². The summed E-state index contributed by atoms with van der Waals surface area (Å²) < 4.78 is 0. The Morgan fingerprint density at radius 2 is 2.25 bits per heavy atom. The van der Waals surface area contributed by atoms with Crippen molar-refractivity contribution < 1.29 is 4.79 Å². The molecule has 0 aliphatic carbocycles. The number of carbonyl (C=O) groups excluding carboxylic acids is 1. The van der Waals surface area contributed by atoms with Gasteiger partial charge in [0.1, 0.15) is 0 Å². The summed E-state index contributed by atoms with van der Waals surface area (Å²) in [4.78, 5) is 14.1. The maximum Gasteiger partial charge on any atom is 0.223 e. The molecule has 2 heterocycles. The molecule has 0 spiro atoms. The van der Waals surface area contributed by atoms with Crippen molar-refractivity contribution in [2.24, 2.45) is 0 Å². The van der Waals surface area contributed by atoms with Gasteiger partial charge in [-0.3, -0.25) is 4.79 Å². The van der Waals surface area contributed by atoms with Crippen molar-refractivity contribution in [3.05, 3.63) is 22.4 Å². The zero-order valence-corrected chi connectivity index (χ0v) is 10.6. The minimum atomic E-state index is 0.343. The summed E-state index contributed by atoms with van der Waals surface area (Å²) in [6.45, 7) is 4.11. The first-order valence-corrected chi connectivity index (χ1v) is 7.05. The molecule has 1 atom stereocenters. The first kappa shape index (κ1) is 11.6. The summed E-state index contributed by atoms with van der Waals surface area (Å²) in [6, 6.07) is 2.15. The highest BCUT2D eigenvalue weighted by molar-refractivity contribution is 7.07. The molecule has 1 unspecified atom stereocenters. The number of nitrogens with zero attached hydrogens (tertiary/aromatic N) is 1. The van der Waals surface area contributed by atoms with Gasteiger partial charge in [-0.1, -0.05) is 6.92 Å². The van der Waals surface area contributed by atoms with E-state index < -0.39 is 0 Å². The van der Waals surface area contributed by atoms with Gasteiger partial charge in [0.05, 0.1) is 0 Å². The largest absolute Gasteiger partial charge is 0.343 e. The lowest BCUT2D eigenvalue weighted by atomic mass is 9.95. The van der Waals surface area contributed by atoms with Gasteiger partial charge in [-0.05, 0) is 47.6 Å². The Kier molecular flexibility index (Phi) is 3.99. The minimum Gasteiger partial charge on any atom is -0.343 e. The minimum absolute atomic E-state index is 0.343. The SMILES string of the molecule is CCC(CC(=O)N1CCCC1)c1ccsc1. The number of amides is 1. The predicted molar refractivity (Wildman–Crippen MR) is 67.8 cm³/mol. The molecule has 0 aromatic carbocycles. The smallest absolute Gasteiger partial charge is 0.223 e. The van der Waals surface area contributed by atoms with E-state index in [0.29, 0.717) is 18.2 Å². The highest BCUT2D eigenvalue weighted by Crippen LogP contribution is 2.26. The average Bonchev–Trinajstić information content (AvgIpc) is 2.96. The first-order valence-electron chi connectivity index (χ1n) is 6.11. The molecule has 2 rings (SSSR count). The fourth-order valence-corrected chi connectivity index (χ4v) is 3.05. The van der Waals surface area contributed by atoms with Crippen molar-refractivity contribution in [1.29, 1.82) is 0 Å². The molecule has 1 aliphatic heterocycles. The van der Waals surface area contributed by atoms with Crippen molar-refractivity contribution in [1.82, 2.24) is 4.90 Å². The molecule has 16 heavy (non-hydrogen) atoms. The highest BCUT2D eigenvalue weighted by Gasteiger charge is 2.21. The molecule has 0 radical (unpaired) electrons. The van der Waals surface area contributed by atoms with E-state index in [1.807, 2.05) is 4.90 Å². The second-order valence-electron chi connectivity index (χ2n) is 4.45. The summed E-state index contributed by atoms with van der Waals surface area (Å²) in [5.74, 6) is 0.759.